The van der Waals surface area contributed by atoms with E-state index >= 15 is 0 Å². The van der Waals surface area contributed by atoms with Gasteiger partial charge >= 0.3 is 11.9 Å². The van der Waals surface area contributed by atoms with Crippen LogP contribution >= 0.6 is 0 Å². The summed E-state index contributed by atoms with van der Waals surface area (Å²) in [5.41, 5.74) is 5.25. The van der Waals surface area contributed by atoms with Crippen molar-refractivity contribution in [2.75, 3.05) is 20.3 Å². The van der Waals surface area contributed by atoms with Gasteiger partial charge in [0.2, 0.25) is 0 Å². The average Bonchev–Trinajstić information content (AvgIpc) is 2.21. The highest BCUT2D eigenvalue weighted by molar-refractivity contribution is 5.91. The van der Waals surface area contributed by atoms with Crippen LogP contribution in [-0.4, -0.2) is 32.2 Å². The SMILES string of the molecule is COC(=O)/C=C/C(=O)OCCCCN. The fourth-order valence-electron chi connectivity index (χ4n) is 0.671. The van der Waals surface area contributed by atoms with Crippen LogP contribution in [0, 0.1) is 0 Å². The highest BCUT2D eigenvalue weighted by atomic mass is 16.5. The fourth-order valence-corrected chi connectivity index (χ4v) is 0.671. The van der Waals surface area contributed by atoms with Gasteiger partial charge in [0.15, 0.2) is 0 Å². The Morgan fingerprint density at radius 1 is 1.21 bits per heavy atom. The minimum atomic E-state index is -0.580. The van der Waals surface area contributed by atoms with Crippen LogP contribution in [0.25, 0.3) is 0 Å². The molecule has 0 rings (SSSR count). The van der Waals surface area contributed by atoms with E-state index in [1.165, 1.54) is 7.11 Å². The summed E-state index contributed by atoms with van der Waals surface area (Å²) in [4.78, 5) is 21.4. The molecule has 0 aliphatic heterocycles. The number of hydrogen-bond acceptors (Lipinski definition) is 5. The van der Waals surface area contributed by atoms with Gasteiger partial charge in [-0.05, 0) is 19.4 Å². The van der Waals surface area contributed by atoms with Crippen molar-refractivity contribution in [3.8, 4) is 0 Å². The largest absolute Gasteiger partial charge is 0.466 e. The van der Waals surface area contributed by atoms with E-state index in [0.717, 1.165) is 25.0 Å². The summed E-state index contributed by atoms with van der Waals surface area (Å²) in [5, 5.41) is 0. The van der Waals surface area contributed by atoms with Crippen LogP contribution in [-0.2, 0) is 19.1 Å². The van der Waals surface area contributed by atoms with Crippen LogP contribution in [0.2, 0.25) is 0 Å². The number of esters is 2. The van der Waals surface area contributed by atoms with E-state index in [1.54, 1.807) is 0 Å². The predicted octanol–water partition coefficient (Wildman–Crippen LogP) is -0.00230. The van der Waals surface area contributed by atoms with Crippen molar-refractivity contribution in [3.05, 3.63) is 12.2 Å². The molecule has 0 aromatic carbocycles. The monoisotopic (exact) mass is 201 g/mol. The quantitative estimate of drug-likeness (QED) is 0.371. The molecule has 0 saturated heterocycles. The molecule has 80 valence electrons. The van der Waals surface area contributed by atoms with E-state index in [9.17, 15) is 9.59 Å². The van der Waals surface area contributed by atoms with Gasteiger partial charge in [-0.1, -0.05) is 0 Å². The number of hydrogen-bond donors (Lipinski definition) is 1. The molecule has 5 heteroatoms. The average molecular weight is 201 g/mol. The maximum atomic E-state index is 10.9. The van der Waals surface area contributed by atoms with Crippen molar-refractivity contribution in [3.63, 3.8) is 0 Å². The van der Waals surface area contributed by atoms with E-state index < -0.39 is 11.9 Å². The van der Waals surface area contributed by atoms with Gasteiger partial charge in [-0.15, -0.1) is 0 Å². The van der Waals surface area contributed by atoms with E-state index in [2.05, 4.69) is 4.74 Å². The molecule has 0 aromatic rings. The lowest BCUT2D eigenvalue weighted by atomic mass is 10.3. The topological polar surface area (TPSA) is 78.6 Å². The molecule has 0 heterocycles. The number of methoxy groups -OCH3 is 1. The Bertz CT molecular complexity index is 213. The lowest BCUT2D eigenvalue weighted by molar-refractivity contribution is -0.139. The molecule has 0 atom stereocenters. The Hall–Kier alpha value is -1.36. The van der Waals surface area contributed by atoms with Crippen molar-refractivity contribution < 1.29 is 19.1 Å². The maximum Gasteiger partial charge on any atom is 0.331 e. The molecule has 0 saturated carbocycles. The number of rotatable bonds is 6. The highest BCUT2D eigenvalue weighted by Crippen LogP contribution is 1.90. The normalized spacial score (nSPS) is 10.1. The first-order valence-electron chi connectivity index (χ1n) is 4.33. The Balaban J connectivity index is 3.55. The second kappa shape index (κ2) is 8.25. The summed E-state index contributed by atoms with van der Waals surface area (Å²) < 4.78 is 9.04. The van der Waals surface area contributed by atoms with E-state index in [1.807, 2.05) is 0 Å². The van der Waals surface area contributed by atoms with E-state index in [4.69, 9.17) is 10.5 Å². The molecule has 0 unspecified atom stereocenters. The summed E-state index contributed by atoms with van der Waals surface area (Å²) in [7, 11) is 1.24. The van der Waals surface area contributed by atoms with Gasteiger partial charge in [0.25, 0.3) is 0 Å². The number of ether oxygens (including phenoxy) is 2. The summed E-state index contributed by atoms with van der Waals surface area (Å²) in [6, 6.07) is 0. The smallest absolute Gasteiger partial charge is 0.331 e. The minimum Gasteiger partial charge on any atom is -0.466 e. The molecular weight excluding hydrogens is 186 g/mol. The number of unbranched alkanes of at least 4 members (excludes halogenated alkanes) is 1. The lowest BCUT2D eigenvalue weighted by Gasteiger charge is -1.99. The minimum absolute atomic E-state index is 0.321. The Morgan fingerprint density at radius 3 is 2.43 bits per heavy atom. The second-order valence-corrected chi connectivity index (χ2v) is 2.52. The zero-order valence-electron chi connectivity index (χ0n) is 8.19. The molecule has 0 spiro atoms. The number of carbonyl (C=O) groups is 2. The summed E-state index contributed by atoms with van der Waals surface area (Å²) >= 11 is 0. The molecule has 0 bridgehead atoms. The van der Waals surface area contributed by atoms with Gasteiger partial charge in [0.05, 0.1) is 13.7 Å². The van der Waals surface area contributed by atoms with Gasteiger partial charge < -0.3 is 15.2 Å². The summed E-state index contributed by atoms with van der Waals surface area (Å²) in [5.74, 6) is -1.13. The van der Waals surface area contributed by atoms with Crippen LogP contribution in [0.5, 0.6) is 0 Å². The van der Waals surface area contributed by atoms with Crippen molar-refractivity contribution >= 4 is 11.9 Å². The first-order chi connectivity index (χ1) is 6.70. The zero-order valence-corrected chi connectivity index (χ0v) is 8.19. The van der Waals surface area contributed by atoms with Gasteiger partial charge in [0.1, 0.15) is 0 Å². The Labute approximate surface area is 82.9 Å². The van der Waals surface area contributed by atoms with Crippen LogP contribution < -0.4 is 5.73 Å². The maximum absolute atomic E-state index is 10.9. The zero-order chi connectivity index (χ0) is 10.8. The molecule has 0 fully saturated rings. The number of nitrogens with two attached hydrogens (primary N) is 1. The fraction of sp³-hybridized carbons (Fsp3) is 0.556. The second-order valence-electron chi connectivity index (χ2n) is 2.52. The van der Waals surface area contributed by atoms with Gasteiger partial charge in [0, 0.05) is 12.2 Å². The number of carbonyl (C=O) groups excluding carboxylic acids is 2. The lowest BCUT2D eigenvalue weighted by Crippen LogP contribution is -2.06. The van der Waals surface area contributed by atoms with Crippen LogP contribution in [0.1, 0.15) is 12.8 Å². The molecule has 0 amide bonds. The Kier molecular flexibility index (Phi) is 7.45. The van der Waals surface area contributed by atoms with Crippen molar-refractivity contribution in [2.24, 2.45) is 5.73 Å². The molecular formula is C9H15NO4. The van der Waals surface area contributed by atoms with Crippen molar-refractivity contribution in [2.45, 2.75) is 12.8 Å². The van der Waals surface area contributed by atoms with Gasteiger partial charge in [-0.3, -0.25) is 0 Å². The third kappa shape index (κ3) is 7.30. The third-order valence-electron chi connectivity index (χ3n) is 1.40. The standard InChI is InChI=1S/C9H15NO4/c1-13-8(11)4-5-9(12)14-7-3-2-6-10/h4-5H,2-3,6-7,10H2,1H3/b5-4+. The first-order valence-corrected chi connectivity index (χ1v) is 4.33. The molecule has 2 N–H and O–H groups in total. The van der Waals surface area contributed by atoms with Gasteiger partial charge in [-0.25, -0.2) is 9.59 Å². The van der Waals surface area contributed by atoms with E-state index in [0.29, 0.717) is 13.2 Å². The first kappa shape index (κ1) is 12.6. The third-order valence-corrected chi connectivity index (χ3v) is 1.40. The Morgan fingerprint density at radius 2 is 1.86 bits per heavy atom. The van der Waals surface area contributed by atoms with Crippen molar-refractivity contribution in [1.29, 1.82) is 0 Å². The molecule has 0 aliphatic carbocycles. The van der Waals surface area contributed by atoms with Crippen LogP contribution in [0.15, 0.2) is 12.2 Å². The molecule has 0 aliphatic rings. The van der Waals surface area contributed by atoms with Crippen molar-refractivity contribution in [1.82, 2.24) is 0 Å². The summed E-state index contributed by atoms with van der Waals surface area (Å²) in [6.45, 7) is 0.900. The summed E-state index contributed by atoms with van der Waals surface area (Å²) in [6.07, 6.45) is 3.60. The van der Waals surface area contributed by atoms with E-state index in [-0.39, 0.29) is 0 Å². The van der Waals surface area contributed by atoms with Crippen LogP contribution in [0.4, 0.5) is 0 Å². The highest BCUT2D eigenvalue weighted by Gasteiger charge is 1.98. The predicted molar refractivity (Wildman–Crippen MR) is 50.4 cm³/mol. The molecule has 5 nitrogen and oxygen atoms in total. The molecule has 0 radical (unpaired) electrons. The van der Waals surface area contributed by atoms with Crippen LogP contribution in [0.3, 0.4) is 0 Å². The van der Waals surface area contributed by atoms with Gasteiger partial charge in [-0.2, -0.15) is 0 Å². The molecule has 14 heavy (non-hydrogen) atoms. The molecule has 0 aromatic heterocycles.